The Hall–Kier alpha value is -2.27. The van der Waals surface area contributed by atoms with Gasteiger partial charge in [-0.05, 0) is 48.2 Å². The number of nitro benzene ring substituents is 1. The van der Waals surface area contributed by atoms with E-state index in [2.05, 4.69) is 5.32 Å². The van der Waals surface area contributed by atoms with Crippen molar-refractivity contribution in [1.82, 2.24) is 0 Å². The van der Waals surface area contributed by atoms with E-state index in [0.717, 1.165) is 24.0 Å². The summed E-state index contributed by atoms with van der Waals surface area (Å²) in [4.78, 5) is 10.4. The number of nitrogens with one attached hydrogen (secondary N) is 1. The minimum absolute atomic E-state index is 0.0846. The largest absolute Gasteiger partial charge is 0.508 e. The van der Waals surface area contributed by atoms with Crippen molar-refractivity contribution in [3.05, 3.63) is 62.7 Å². The van der Waals surface area contributed by atoms with Gasteiger partial charge >= 0.3 is 0 Å². The molecule has 0 spiro atoms. The lowest BCUT2D eigenvalue weighted by Gasteiger charge is -2.15. The Kier molecular flexibility index (Phi) is 3.43. The van der Waals surface area contributed by atoms with Gasteiger partial charge in [0.15, 0.2) is 0 Å². The fraction of sp³-hybridized carbons (Fsp3) is 0.200. The first-order valence-corrected chi connectivity index (χ1v) is 6.94. The van der Waals surface area contributed by atoms with Crippen LogP contribution in [0.4, 0.5) is 11.4 Å². The summed E-state index contributed by atoms with van der Waals surface area (Å²) in [5.74, 6) is 0.261. The Morgan fingerprint density at radius 1 is 1.29 bits per heavy atom. The zero-order valence-corrected chi connectivity index (χ0v) is 11.8. The molecule has 0 fully saturated rings. The monoisotopic (exact) mass is 304 g/mol. The lowest BCUT2D eigenvalue weighted by Crippen LogP contribution is -2.07. The average Bonchev–Trinajstić information content (AvgIpc) is 2.83. The van der Waals surface area contributed by atoms with E-state index >= 15 is 0 Å². The maximum Gasteiger partial charge on any atom is 0.289 e. The van der Waals surface area contributed by atoms with E-state index in [1.54, 1.807) is 18.2 Å². The fourth-order valence-electron chi connectivity index (χ4n) is 2.70. The Morgan fingerprint density at radius 3 is 2.86 bits per heavy atom. The van der Waals surface area contributed by atoms with Crippen molar-refractivity contribution in [2.75, 3.05) is 5.32 Å². The van der Waals surface area contributed by atoms with Crippen LogP contribution in [0.3, 0.4) is 0 Å². The molecule has 1 aliphatic carbocycles. The van der Waals surface area contributed by atoms with Crippen molar-refractivity contribution < 1.29 is 10.0 Å². The van der Waals surface area contributed by atoms with Gasteiger partial charge in [-0.15, -0.1) is 0 Å². The van der Waals surface area contributed by atoms with Gasteiger partial charge < -0.3 is 10.4 Å². The summed E-state index contributed by atoms with van der Waals surface area (Å²) in [6, 6.07) is 10.1. The van der Waals surface area contributed by atoms with E-state index in [4.69, 9.17) is 11.6 Å². The highest BCUT2D eigenvalue weighted by molar-refractivity contribution is 6.32. The highest BCUT2D eigenvalue weighted by Crippen LogP contribution is 2.37. The minimum Gasteiger partial charge on any atom is -0.508 e. The van der Waals surface area contributed by atoms with Crippen LogP contribution < -0.4 is 5.32 Å². The highest BCUT2D eigenvalue weighted by Gasteiger charge is 2.23. The predicted molar refractivity (Wildman–Crippen MR) is 80.9 cm³/mol. The third-order valence-electron chi connectivity index (χ3n) is 3.69. The van der Waals surface area contributed by atoms with Crippen LogP contribution in [0.5, 0.6) is 5.75 Å². The van der Waals surface area contributed by atoms with Crippen LogP contribution in [0.2, 0.25) is 5.02 Å². The van der Waals surface area contributed by atoms with Crippen LogP contribution in [-0.4, -0.2) is 10.0 Å². The predicted octanol–water partition coefficient (Wildman–Crippen LogP) is 4.05. The Balaban J connectivity index is 1.86. The molecule has 0 heterocycles. The van der Waals surface area contributed by atoms with E-state index in [1.807, 2.05) is 6.07 Å². The summed E-state index contributed by atoms with van der Waals surface area (Å²) in [6.45, 7) is 0. The second-order valence-corrected chi connectivity index (χ2v) is 5.45. The molecule has 0 aliphatic heterocycles. The van der Waals surface area contributed by atoms with Crippen molar-refractivity contribution in [1.29, 1.82) is 0 Å². The Morgan fingerprint density at radius 2 is 2.10 bits per heavy atom. The summed E-state index contributed by atoms with van der Waals surface area (Å²) in [7, 11) is 0. The fourth-order valence-corrected chi connectivity index (χ4v) is 2.88. The molecule has 108 valence electrons. The molecule has 2 N–H and O–H groups in total. The van der Waals surface area contributed by atoms with Crippen LogP contribution >= 0.6 is 11.6 Å². The van der Waals surface area contributed by atoms with Crippen molar-refractivity contribution in [2.45, 2.75) is 18.9 Å². The molecule has 0 aromatic heterocycles. The minimum atomic E-state index is -0.492. The van der Waals surface area contributed by atoms with Crippen molar-refractivity contribution in [2.24, 2.45) is 0 Å². The number of benzene rings is 2. The zero-order chi connectivity index (χ0) is 15.0. The van der Waals surface area contributed by atoms with Gasteiger partial charge in [0.05, 0.1) is 11.0 Å². The molecule has 0 bridgehead atoms. The van der Waals surface area contributed by atoms with Crippen LogP contribution in [0.1, 0.15) is 23.6 Å². The molecular formula is C15H13ClN2O3. The number of hydrogen-bond acceptors (Lipinski definition) is 4. The molecule has 0 saturated heterocycles. The molecular weight excluding hydrogens is 292 g/mol. The van der Waals surface area contributed by atoms with Crippen LogP contribution in [-0.2, 0) is 6.42 Å². The van der Waals surface area contributed by atoms with Crippen molar-refractivity contribution in [3.8, 4) is 5.75 Å². The van der Waals surface area contributed by atoms with Gasteiger partial charge in [0.2, 0.25) is 0 Å². The molecule has 5 nitrogen and oxygen atoms in total. The second-order valence-electron chi connectivity index (χ2n) is 5.04. The zero-order valence-electron chi connectivity index (χ0n) is 11.0. The molecule has 1 unspecified atom stereocenters. The number of nitro groups is 1. The smallest absolute Gasteiger partial charge is 0.289 e. The number of rotatable bonds is 3. The Labute approximate surface area is 126 Å². The normalized spacial score (nSPS) is 16.5. The van der Waals surface area contributed by atoms with Crippen molar-refractivity contribution in [3.63, 3.8) is 0 Å². The molecule has 2 aromatic carbocycles. The number of hydrogen-bond donors (Lipinski definition) is 2. The number of nitrogens with zero attached hydrogens (tertiary/aromatic N) is 1. The highest BCUT2D eigenvalue weighted by atomic mass is 35.5. The van der Waals surface area contributed by atoms with E-state index in [9.17, 15) is 15.2 Å². The standard InChI is InChI=1S/C15H13ClN2O3/c16-13-5-2-10(8-15(13)18(20)21)17-14-6-1-9-7-11(19)3-4-12(9)14/h2-5,7-8,14,17,19H,1,6H2. The van der Waals surface area contributed by atoms with Crippen LogP contribution in [0.25, 0.3) is 0 Å². The number of phenolic OH excluding ortho intramolecular Hbond substituents is 1. The quantitative estimate of drug-likeness (QED) is 0.662. The number of anilines is 1. The van der Waals surface area contributed by atoms with Gasteiger partial charge in [-0.2, -0.15) is 0 Å². The summed E-state index contributed by atoms with van der Waals surface area (Å²) in [6.07, 6.45) is 1.76. The van der Waals surface area contributed by atoms with Crippen molar-refractivity contribution >= 4 is 23.0 Å². The van der Waals surface area contributed by atoms with E-state index in [0.29, 0.717) is 5.69 Å². The number of aryl methyl sites for hydroxylation is 1. The summed E-state index contributed by atoms with van der Waals surface area (Å²) in [5, 5.41) is 23.8. The van der Waals surface area contributed by atoms with E-state index in [1.165, 1.54) is 12.1 Å². The molecule has 1 aliphatic rings. The maximum atomic E-state index is 10.9. The summed E-state index contributed by atoms with van der Waals surface area (Å²) in [5.41, 5.74) is 2.78. The molecule has 2 aromatic rings. The van der Waals surface area contributed by atoms with Gasteiger partial charge in [-0.1, -0.05) is 17.7 Å². The van der Waals surface area contributed by atoms with E-state index in [-0.39, 0.29) is 22.5 Å². The third-order valence-corrected chi connectivity index (χ3v) is 4.01. The van der Waals surface area contributed by atoms with Gasteiger partial charge in [-0.25, -0.2) is 0 Å². The lowest BCUT2D eigenvalue weighted by molar-refractivity contribution is -0.384. The van der Waals surface area contributed by atoms with Crippen LogP contribution in [0, 0.1) is 10.1 Å². The SMILES string of the molecule is O=[N+]([O-])c1cc(NC2CCc3cc(O)ccc32)ccc1Cl. The first-order valence-electron chi connectivity index (χ1n) is 6.57. The molecule has 0 radical (unpaired) electrons. The topological polar surface area (TPSA) is 75.4 Å². The number of halogens is 1. The van der Waals surface area contributed by atoms with Gasteiger partial charge in [0.1, 0.15) is 10.8 Å². The number of fused-ring (bicyclic) bond motifs is 1. The Bertz CT molecular complexity index is 718. The van der Waals surface area contributed by atoms with Crippen LogP contribution in [0.15, 0.2) is 36.4 Å². The summed E-state index contributed by atoms with van der Waals surface area (Å²) < 4.78 is 0. The van der Waals surface area contributed by atoms with Gasteiger partial charge in [0, 0.05) is 11.8 Å². The number of phenols is 1. The first kappa shape index (κ1) is 13.7. The molecule has 3 rings (SSSR count). The maximum absolute atomic E-state index is 10.9. The summed E-state index contributed by atoms with van der Waals surface area (Å²) >= 11 is 5.81. The van der Waals surface area contributed by atoms with E-state index < -0.39 is 4.92 Å². The molecule has 1 atom stereocenters. The number of aromatic hydroxyl groups is 1. The molecule has 0 saturated carbocycles. The van der Waals surface area contributed by atoms with Gasteiger partial charge in [0.25, 0.3) is 5.69 Å². The first-order chi connectivity index (χ1) is 10.0. The third kappa shape index (κ3) is 2.64. The average molecular weight is 305 g/mol. The molecule has 21 heavy (non-hydrogen) atoms. The second kappa shape index (κ2) is 5.26. The molecule has 6 heteroatoms. The van der Waals surface area contributed by atoms with Gasteiger partial charge in [-0.3, -0.25) is 10.1 Å². The molecule has 0 amide bonds. The lowest BCUT2D eigenvalue weighted by atomic mass is 10.1.